The number of amides is 1. The van der Waals surface area contributed by atoms with Crippen LogP contribution in [-0.2, 0) is 6.54 Å². The van der Waals surface area contributed by atoms with Crippen LogP contribution in [-0.4, -0.2) is 20.3 Å². The highest BCUT2D eigenvalue weighted by molar-refractivity contribution is 6.02. The summed E-state index contributed by atoms with van der Waals surface area (Å²) in [4.78, 5) is 37.6. The van der Waals surface area contributed by atoms with Gasteiger partial charge < -0.3 is 5.32 Å². The molecule has 0 bridgehead atoms. The predicted molar refractivity (Wildman–Crippen MR) is 98.8 cm³/mol. The van der Waals surface area contributed by atoms with Crippen LogP contribution in [0, 0.1) is 18.6 Å². The van der Waals surface area contributed by atoms with Crippen molar-refractivity contribution < 1.29 is 13.6 Å². The zero-order chi connectivity index (χ0) is 20.4. The zero-order valence-corrected chi connectivity index (χ0v) is 15.1. The Balaban J connectivity index is 2.11. The Bertz CT molecular complexity index is 1170. The summed E-state index contributed by atoms with van der Waals surface area (Å²) in [5.74, 6) is -1.92. The van der Waals surface area contributed by atoms with Gasteiger partial charge in [-0.05, 0) is 49.7 Å². The standard InChI is InChI=1S/C19H16F2N4O3/c1-3-24-18(27)16(17(26)22-13-7-5-12(20)6-8-13)23-25(19(24)28)14-9-4-11(2)15(21)10-14/h4-10H,3H2,1-2H3,(H,22,26). The van der Waals surface area contributed by atoms with Crippen LogP contribution < -0.4 is 16.6 Å². The number of nitrogens with zero attached hydrogens (tertiary/aromatic N) is 3. The fourth-order valence-electron chi connectivity index (χ4n) is 2.54. The third-order valence-corrected chi connectivity index (χ3v) is 4.09. The van der Waals surface area contributed by atoms with E-state index in [-0.39, 0.29) is 17.9 Å². The summed E-state index contributed by atoms with van der Waals surface area (Å²) >= 11 is 0. The Hall–Kier alpha value is -3.62. The molecule has 2 aromatic carbocycles. The molecule has 0 aliphatic rings. The normalized spacial score (nSPS) is 10.7. The summed E-state index contributed by atoms with van der Waals surface area (Å²) in [5.41, 5.74) is -1.53. The van der Waals surface area contributed by atoms with Crippen LogP contribution in [0.2, 0.25) is 0 Å². The van der Waals surface area contributed by atoms with Crippen LogP contribution >= 0.6 is 0 Å². The molecule has 0 spiro atoms. The summed E-state index contributed by atoms with van der Waals surface area (Å²) in [5, 5.41) is 6.28. The minimum atomic E-state index is -0.879. The summed E-state index contributed by atoms with van der Waals surface area (Å²) < 4.78 is 28.5. The molecule has 9 heteroatoms. The number of hydrogen-bond acceptors (Lipinski definition) is 4. The summed E-state index contributed by atoms with van der Waals surface area (Å²) in [6.07, 6.45) is 0. The van der Waals surface area contributed by atoms with Crippen molar-refractivity contribution in [3.63, 3.8) is 0 Å². The molecule has 0 radical (unpaired) electrons. The lowest BCUT2D eigenvalue weighted by atomic mass is 10.2. The van der Waals surface area contributed by atoms with Crippen molar-refractivity contribution in [2.24, 2.45) is 0 Å². The highest BCUT2D eigenvalue weighted by Crippen LogP contribution is 2.12. The molecule has 0 atom stereocenters. The minimum absolute atomic E-state index is 0.00857. The Morgan fingerprint density at radius 2 is 1.79 bits per heavy atom. The summed E-state index contributed by atoms with van der Waals surface area (Å²) in [6, 6.07) is 8.92. The van der Waals surface area contributed by atoms with Crippen LogP contribution in [0.15, 0.2) is 52.1 Å². The highest BCUT2D eigenvalue weighted by Gasteiger charge is 2.20. The minimum Gasteiger partial charge on any atom is -0.320 e. The SMILES string of the molecule is CCn1c(=O)c(C(=O)Nc2ccc(F)cc2)nn(-c2ccc(C)c(F)c2)c1=O. The van der Waals surface area contributed by atoms with Gasteiger partial charge in [-0.1, -0.05) is 6.07 Å². The molecule has 0 aliphatic heterocycles. The number of hydrogen-bond donors (Lipinski definition) is 1. The van der Waals surface area contributed by atoms with E-state index in [0.717, 1.165) is 27.4 Å². The lowest BCUT2D eigenvalue weighted by Gasteiger charge is -2.11. The smallest absolute Gasteiger partial charge is 0.320 e. The number of anilines is 1. The molecule has 1 amide bonds. The molecule has 0 aliphatic carbocycles. The lowest BCUT2D eigenvalue weighted by Crippen LogP contribution is -2.44. The lowest BCUT2D eigenvalue weighted by molar-refractivity contribution is 0.101. The largest absolute Gasteiger partial charge is 0.352 e. The van der Waals surface area contributed by atoms with E-state index in [1.807, 2.05) is 0 Å². The fraction of sp³-hybridized carbons (Fsp3) is 0.158. The van der Waals surface area contributed by atoms with Gasteiger partial charge in [0, 0.05) is 18.3 Å². The third kappa shape index (κ3) is 3.59. The van der Waals surface area contributed by atoms with Gasteiger partial charge in [-0.15, -0.1) is 0 Å². The van der Waals surface area contributed by atoms with Crippen molar-refractivity contribution in [2.75, 3.05) is 5.32 Å². The van der Waals surface area contributed by atoms with E-state index < -0.39 is 34.5 Å². The molecule has 7 nitrogen and oxygen atoms in total. The molecule has 1 heterocycles. The topological polar surface area (TPSA) is 86.0 Å². The monoisotopic (exact) mass is 386 g/mol. The average Bonchev–Trinajstić information content (AvgIpc) is 2.66. The number of carbonyl (C=O) groups excluding carboxylic acids is 1. The quantitative estimate of drug-likeness (QED) is 0.745. The second kappa shape index (κ2) is 7.55. The number of aromatic nitrogens is 3. The van der Waals surface area contributed by atoms with Gasteiger partial charge in [0.1, 0.15) is 11.6 Å². The molecule has 3 rings (SSSR count). The molecule has 0 saturated carbocycles. The van der Waals surface area contributed by atoms with Gasteiger partial charge in [-0.25, -0.2) is 13.6 Å². The second-order valence-corrected chi connectivity index (χ2v) is 5.99. The molecule has 3 aromatic rings. The Kier molecular flexibility index (Phi) is 5.16. The Morgan fingerprint density at radius 1 is 1.11 bits per heavy atom. The van der Waals surface area contributed by atoms with Gasteiger partial charge in [0.05, 0.1) is 5.69 Å². The first-order valence-corrected chi connectivity index (χ1v) is 8.39. The zero-order valence-electron chi connectivity index (χ0n) is 15.1. The van der Waals surface area contributed by atoms with Gasteiger partial charge in [-0.2, -0.15) is 9.78 Å². The molecule has 0 saturated heterocycles. The number of benzene rings is 2. The molecule has 28 heavy (non-hydrogen) atoms. The van der Waals surface area contributed by atoms with Crippen LogP contribution in [0.3, 0.4) is 0 Å². The number of halogens is 2. The Morgan fingerprint density at radius 3 is 2.39 bits per heavy atom. The van der Waals surface area contributed by atoms with E-state index in [1.54, 1.807) is 13.8 Å². The number of carbonyl (C=O) groups is 1. The van der Waals surface area contributed by atoms with Gasteiger partial charge in [-0.3, -0.25) is 14.2 Å². The van der Waals surface area contributed by atoms with E-state index in [9.17, 15) is 23.2 Å². The summed E-state index contributed by atoms with van der Waals surface area (Å²) in [7, 11) is 0. The van der Waals surface area contributed by atoms with Crippen molar-refractivity contribution >= 4 is 11.6 Å². The number of nitrogens with one attached hydrogen (secondary N) is 1. The van der Waals surface area contributed by atoms with Crippen molar-refractivity contribution in [1.29, 1.82) is 0 Å². The third-order valence-electron chi connectivity index (χ3n) is 4.09. The highest BCUT2D eigenvalue weighted by atomic mass is 19.1. The van der Waals surface area contributed by atoms with E-state index in [1.165, 1.54) is 24.3 Å². The van der Waals surface area contributed by atoms with Crippen molar-refractivity contribution in [1.82, 2.24) is 14.3 Å². The number of rotatable bonds is 4. The van der Waals surface area contributed by atoms with Gasteiger partial charge >= 0.3 is 5.69 Å². The Labute approximate surface area is 157 Å². The van der Waals surface area contributed by atoms with Gasteiger partial charge in [0.15, 0.2) is 0 Å². The molecule has 144 valence electrons. The van der Waals surface area contributed by atoms with E-state index in [4.69, 9.17) is 0 Å². The van der Waals surface area contributed by atoms with Crippen LogP contribution in [0.25, 0.3) is 5.69 Å². The van der Waals surface area contributed by atoms with Crippen molar-refractivity contribution in [3.8, 4) is 5.69 Å². The van der Waals surface area contributed by atoms with Crippen LogP contribution in [0.5, 0.6) is 0 Å². The van der Waals surface area contributed by atoms with E-state index in [2.05, 4.69) is 10.4 Å². The average molecular weight is 386 g/mol. The summed E-state index contributed by atoms with van der Waals surface area (Å²) in [6.45, 7) is 3.11. The predicted octanol–water partition coefficient (Wildman–Crippen LogP) is 2.25. The fourth-order valence-corrected chi connectivity index (χ4v) is 2.54. The van der Waals surface area contributed by atoms with Crippen LogP contribution in [0.4, 0.5) is 14.5 Å². The first-order chi connectivity index (χ1) is 13.3. The number of aryl methyl sites for hydroxylation is 1. The van der Waals surface area contributed by atoms with Crippen LogP contribution in [0.1, 0.15) is 23.0 Å². The van der Waals surface area contributed by atoms with Crippen molar-refractivity contribution in [2.45, 2.75) is 20.4 Å². The van der Waals surface area contributed by atoms with Crippen molar-refractivity contribution in [3.05, 3.63) is 86.2 Å². The van der Waals surface area contributed by atoms with Gasteiger partial charge in [0.2, 0.25) is 5.69 Å². The molecular weight excluding hydrogens is 370 g/mol. The molecule has 1 N–H and O–H groups in total. The molecule has 0 fully saturated rings. The molecular formula is C19H16F2N4O3. The second-order valence-electron chi connectivity index (χ2n) is 5.99. The maximum Gasteiger partial charge on any atom is 0.352 e. The van der Waals surface area contributed by atoms with E-state index in [0.29, 0.717) is 5.56 Å². The molecule has 1 aromatic heterocycles. The first-order valence-electron chi connectivity index (χ1n) is 8.39. The maximum absolute atomic E-state index is 13.9. The van der Waals surface area contributed by atoms with Gasteiger partial charge in [0.25, 0.3) is 11.5 Å². The maximum atomic E-state index is 13.9. The molecule has 0 unspecified atom stereocenters. The van der Waals surface area contributed by atoms with E-state index >= 15 is 0 Å². The first kappa shape index (κ1) is 19.2.